The van der Waals surface area contributed by atoms with Crippen LogP contribution in [0.25, 0.3) is 4.85 Å². The van der Waals surface area contributed by atoms with Crippen LogP contribution in [-0.2, 0) is 0 Å². The van der Waals surface area contributed by atoms with Crippen LogP contribution in [0.15, 0.2) is 0 Å². The van der Waals surface area contributed by atoms with Crippen LogP contribution in [0.2, 0.25) is 0 Å². The Bertz CT molecular complexity index is 258. The number of hydrogen-bond donors (Lipinski definition) is 0. The standard InChI is InChI=1S/C13H19N/c1-3-13(14-2)11-5-9-4-10(7-11)8-12(13)6-9/h9-12H,3-8H2,1H3. The summed E-state index contributed by atoms with van der Waals surface area (Å²) in [6.07, 6.45) is 8.11. The second-order valence-electron chi connectivity index (χ2n) is 5.76. The highest BCUT2D eigenvalue weighted by molar-refractivity contribution is 5.15. The fourth-order valence-electron chi connectivity index (χ4n) is 4.84. The summed E-state index contributed by atoms with van der Waals surface area (Å²) in [6.45, 7) is 9.79. The lowest BCUT2D eigenvalue weighted by Gasteiger charge is -2.54. The van der Waals surface area contributed by atoms with Crippen molar-refractivity contribution < 1.29 is 0 Å². The van der Waals surface area contributed by atoms with Crippen LogP contribution in [-0.4, -0.2) is 5.54 Å². The predicted molar refractivity (Wildman–Crippen MR) is 56.7 cm³/mol. The molecule has 1 nitrogen and oxygen atoms in total. The van der Waals surface area contributed by atoms with Crippen molar-refractivity contribution >= 4 is 0 Å². The average Bonchev–Trinajstić information content (AvgIpc) is 2.18. The molecule has 4 aliphatic carbocycles. The third kappa shape index (κ3) is 0.900. The van der Waals surface area contributed by atoms with E-state index in [9.17, 15) is 0 Å². The van der Waals surface area contributed by atoms with Gasteiger partial charge < -0.3 is 4.85 Å². The summed E-state index contributed by atoms with van der Waals surface area (Å²) in [5.41, 5.74) is 0.0768. The highest BCUT2D eigenvalue weighted by Gasteiger charge is 2.61. The number of hydrogen-bond acceptors (Lipinski definition) is 0. The molecule has 0 radical (unpaired) electrons. The number of nitrogens with zero attached hydrogens (tertiary/aromatic N) is 1. The van der Waals surface area contributed by atoms with Gasteiger partial charge in [-0.15, -0.1) is 0 Å². The van der Waals surface area contributed by atoms with Crippen LogP contribution in [0, 0.1) is 30.2 Å². The Balaban J connectivity index is 1.98. The van der Waals surface area contributed by atoms with E-state index in [1.807, 2.05) is 0 Å². The molecule has 0 aliphatic heterocycles. The Morgan fingerprint density at radius 1 is 1.07 bits per heavy atom. The first-order valence-corrected chi connectivity index (χ1v) is 6.17. The van der Waals surface area contributed by atoms with E-state index in [2.05, 4.69) is 11.8 Å². The van der Waals surface area contributed by atoms with Crippen molar-refractivity contribution in [2.45, 2.75) is 51.0 Å². The molecule has 0 saturated heterocycles. The Hall–Kier alpha value is -0.510. The zero-order valence-corrected chi connectivity index (χ0v) is 9.00. The van der Waals surface area contributed by atoms with E-state index in [1.54, 1.807) is 0 Å². The highest BCUT2D eigenvalue weighted by atomic mass is 14.9. The molecule has 4 rings (SSSR count). The molecule has 4 bridgehead atoms. The molecule has 1 heteroatoms. The third-order valence-electron chi connectivity index (χ3n) is 5.33. The van der Waals surface area contributed by atoms with E-state index in [4.69, 9.17) is 6.57 Å². The minimum absolute atomic E-state index is 0.0768. The zero-order valence-electron chi connectivity index (χ0n) is 9.00. The first-order valence-electron chi connectivity index (χ1n) is 6.17. The highest BCUT2D eigenvalue weighted by Crippen LogP contribution is 2.60. The fourth-order valence-corrected chi connectivity index (χ4v) is 4.84. The second kappa shape index (κ2) is 2.75. The summed E-state index contributed by atoms with van der Waals surface area (Å²) in [5.74, 6) is 3.53. The summed E-state index contributed by atoms with van der Waals surface area (Å²) in [6, 6.07) is 0. The maximum absolute atomic E-state index is 7.55. The van der Waals surface area contributed by atoms with Crippen LogP contribution in [0.3, 0.4) is 0 Å². The first kappa shape index (κ1) is 8.77. The van der Waals surface area contributed by atoms with Gasteiger partial charge in [-0.1, -0.05) is 6.92 Å². The molecule has 0 aromatic heterocycles. The van der Waals surface area contributed by atoms with Gasteiger partial charge in [-0.05, 0) is 43.9 Å². The van der Waals surface area contributed by atoms with Gasteiger partial charge in [0.15, 0.2) is 0 Å². The molecule has 0 atom stereocenters. The zero-order chi connectivity index (χ0) is 9.76. The molecule has 0 N–H and O–H groups in total. The molecule has 0 aromatic carbocycles. The van der Waals surface area contributed by atoms with Gasteiger partial charge in [-0.3, -0.25) is 0 Å². The Kier molecular flexibility index (Phi) is 1.72. The number of rotatable bonds is 1. The van der Waals surface area contributed by atoms with Crippen LogP contribution >= 0.6 is 0 Å². The van der Waals surface area contributed by atoms with E-state index in [1.165, 1.54) is 32.1 Å². The van der Waals surface area contributed by atoms with Gasteiger partial charge in [0.05, 0.1) is 0 Å². The maximum Gasteiger partial charge on any atom is 0.237 e. The van der Waals surface area contributed by atoms with Gasteiger partial charge in [-0.2, -0.15) is 0 Å². The SMILES string of the molecule is [C-]#[N+]C1(CC)C2CC3CC(C2)CC1C3. The Labute approximate surface area is 86.7 Å². The minimum Gasteiger partial charge on any atom is -0.310 e. The lowest BCUT2D eigenvalue weighted by atomic mass is 9.48. The summed E-state index contributed by atoms with van der Waals surface area (Å²) in [5, 5.41) is 0. The van der Waals surface area contributed by atoms with Crippen molar-refractivity contribution in [3.63, 3.8) is 0 Å². The molecular formula is C13H19N. The molecule has 4 aliphatic rings. The van der Waals surface area contributed by atoms with Crippen LogP contribution in [0.1, 0.15) is 45.4 Å². The molecule has 4 saturated carbocycles. The lowest BCUT2D eigenvalue weighted by molar-refractivity contribution is -0.0383. The Morgan fingerprint density at radius 3 is 1.93 bits per heavy atom. The van der Waals surface area contributed by atoms with Gasteiger partial charge in [0, 0.05) is 18.3 Å². The smallest absolute Gasteiger partial charge is 0.237 e. The van der Waals surface area contributed by atoms with E-state index in [0.29, 0.717) is 0 Å². The van der Waals surface area contributed by atoms with Gasteiger partial charge in [0.2, 0.25) is 5.54 Å². The summed E-state index contributed by atoms with van der Waals surface area (Å²) in [4.78, 5) is 4.09. The molecule has 0 amide bonds. The van der Waals surface area contributed by atoms with E-state index in [0.717, 1.165) is 30.1 Å². The molecule has 76 valence electrons. The fraction of sp³-hybridized carbons (Fsp3) is 0.923. The second-order valence-corrected chi connectivity index (χ2v) is 5.76. The Morgan fingerprint density at radius 2 is 1.57 bits per heavy atom. The normalized spacial score (nSPS) is 54.6. The van der Waals surface area contributed by atoms with E-state index in [-0.39, 0.29) is 5.54 Å². The van der Waals surface area contributed by atoms with Crippen molar-refractivity contribution in [2.24, 2.45) is 23.7 Å². The van der Waals surface area contributed by atoms with Gasteiger partial charge >= 0.3 is 0 Å². The van der Waals surface area contributed by atoms with Crippen molar-refractivity contribution in [2.75, 3.05) is 0 Å². The van der Waals surface area contributed by atoms with Crippen molar-refractivity contribution in [3.8, 4) is 0 Å². The molecule has 14 heavy (non-hydrogen) atoms. The van der Waals surface area contributed by atoms with Gasteiger partial charge in [0.1, 0.15) is 0 Å². The van der Waals surface area contributed by atoms with Crippen LogP contribution in [0.4, 0.5) is 0 Å². The van der Waals surface area contributed by atoms with Crippen molar-refractivity contribution in [1.29, 1.82) is 0 Å². The molecule has 0 unspecified atom stereocenters. The molecule has 0 aromatic rings. The summed E-state index contributed by atoms with van der Waals surface area (Å²) >= 11 is 0. The molecule has 0 heterocycles. The van der Waals surface area contributed by atoms with Gasteiger partial charge in [0.25, 0.3) is 0 Å². The predicted octanol–water partition coefficient (Wildman–Crippen LogP) is 3.51. The monoisotopic (exact) mass is 189 g/mol. The van der Waals surface area contributed by atoms with Crippen molar-refractivity contribution in [1.82, 2.24) is 0 Å². The lowest BCUT2D eigenvalue weighted by Crippen LogP contribution is -2.55. The van der Waals surface area contributed by atoms with Crippen LogP contribution < -0.4 is 0 Å². The largest absolute Gasteiger partial charge is 0.310 e. The average molecular weight is 189 g/mol. The molecule has 4 fully saturated rings. The van der Waals surface area contributed by atoms with Crippen LogP contribution in [0.5, 0.6) is 0 Å². The van der Waals surface area contributed by atoms with E-state index < -0.39 is 0 Å². The third-order valence-corrected chi connectivity index (χ3v) is 5.33. The molecular weight excluding hydrogens is 170 g/mol. The minimum atomic E-state index is 0.0768. The van der Waals surface area contributed by atoms with E-state index >= 15 is 0 Å². The quantitative estimate of drug-likeness (QED) is 0.556. The van der Waals surface area contributed by atoms with Crippen molar-refractivity contribution in [3.05, 3.63) is 11.4 Å². The molecule has 0 spiro atoms. The summed E-state index contributed by atoms with van der Waals surface area (Å²) in [7, 11) is 0. The first-order chi connectivity index (χ1) is 6.78. The maximum atomic E-state index is 7.55. The summed E-state index contributed by atoms with van der Waals surface area (Å²) < 4.78 is 0. The van der Waals surface area contributed by atoms with Gasteiger partial charge in [-0.25, -0.2) is 6.57 Å². The topological polar surface area (TPSA) is 4.36 Å².